The first-order valence-electron chi connectivity index (χ1n) is 5.30. The lowest BCUT2D eigenvalue weighted by atomic mass is 10.00. The molecule has 0 atom stereocenters. The fourth-order valence-electron chi connectivity index (χ4n) is 1.56. The van der Waals surface area contributed by atoms with Crippen LogP contribution in [-0.4, -0.2) is 22.5 Å². The van der Waals surface area contributed by atoms with Crippen LogP contribution in [0.25, 0.3) is 0 Å². The maximum Gasteiger partial charge on any atom is 0.305 e. The quantitative estimate of drug-likeness (QED) is 0.764. The van der Waals surface area contributed by atoms with Gasteiger partial charge in [-0.25, -0.2) is 0 Å². The molecule has 0 heterocycles. The largest absolute Gasteiger partial charge is 0.481 e. The van der Waals surface area contributed by atoms with Gasteiger partial charge in [-0.15, -0.1) is 0 Å². The monoisotopic (exact) mass is 270 g/mol. The zero-order valence-corrected chi connectivity index (χ0v) is 10.9. The van der Waals surface area contributed by atoms with Gasteiger partial charge in [0.25, 0.3) is 0 Å². The number of nitrogens with two attached hydrogens (primary N) is 1. The summed E-state index contributed by atoms with van der Waals surface area (Å²) < 4.78 is 0. The molecule has 4 N–H and O–H groups in total. The summed E-state index contributed by atoms with van der Waals surface area (Å²) in [6, 6.07) is 4.59. The molecule has 98 valence electrons. The summed E-state index contributed by atoms with van der Waals surface area (Å²) in [5.41, 5.74) is 5.35. The van der Waals surface area contributed by atoms with E-state index in [4.69, 9.17) is 22.4 Å². The second-order valence-corrected chi connectivity index (χ2v) is 5.05. The van der Waals surface area contributed by atoms with Crippen LogP contribution in [0.15, 0.2) is 18.2 Å². The molecule has 1 amide bonds. The van der Waals surface area contributed by atoms with E-state index >= 15 is 0 Å². The summed E-state index contributed by atoms with van der Waals surface area (Å²) in [4.78, 5) is 21.7. The molecule has 0 saturated heterocycles. The minimum Gasteiger partial charge on any atom is -0.481 e. The van der Waals surface area contributed by atoms with Crippen LogP contribution in [-0.2, 0) is 4.79 Å². The third-order valence-electron chi connectivity index (χ3n) is 2.32. The third-order valence-corrected chi connectivity index (χ3v) is 2.63. The number of carbonyl (C=O) groups is 2. The highest BCUT2D eigenvalue weighted by molar-refractivity contribution is 6.33. The molecule has 0 aliphatic rings. The van der Waals surface area contributed by atoms with Crippen molar-refractivity contribution in [1.29, 1.82) is 0 Å². The van der Waals surface area contributed by atoms with Crippen molar-refractivity contribution in [1.82, 2.24) is 0 Å². The molecule has 1 aromatic carbocycles. The summed E-state index contributed by atoms with van der Waals surface area (Å²) in [6.45, 7) is 3.50. The van der Waals surface area contributed by atoms with Crippen LogP contribution in [0.2, 0.25) is 5.02 Å². The maximum absolute atomic E-state index is 11.0. The lowest BCUT2D eigenvalue weighted by molar-refractivity contribution is -0.137. The SMILES string of the molecule is CC(C)(CC(=O)O)Nc1ccc(C(N)=O)cc1Cl. The number of carboxylic acid groups (broad SMARTS) is 1. The molecule has 0 aliphatic carbocycles. The number of anilines is 1. The molecule has 5 nitrogen and oxygen atoms in total. The maximum atomic E-state index is 11.0. The molecule has 1 rings (SSSR count). The van der Waals surface area contributed by atoms with Gasteiger partial charge in [-0.2, -0.15) is 0 Å². The Labute approximate surface area is 110 Å². The number of amides is 1. The molecule has 0 bridgehead atoms. The number of primary amides is 1. The molecule has 0 unspecified atom stereocenters. The summed E-state index contributed by atoms with van der Waals surface area (Å²) >= 11 is 6.00. The van der Waals surface area contributed by atoms with Crippen molar-refractivity contribution in [2.24, 2.45) is 5.73 Å². The first-order chi connectivity index (χ1) is 8.21. The number of nitrogens with one attached hydrogen (secondary N) is 1. The predicted octanol–water partition coefficient (Wildman–Crippen LogP) is 2.10. The molecule has 0 fully saturated rings. The average molecular weight is 271 g/mol. The summed E-state index contributed by atoms with van der Waals surface area (Å²) in [5.74, 6) is -1.47. The van der Waals surface area contributed by atoms with Gasteiger partial charge in [-0.3, -0.25) is 9.59 Å². The van der Waals surface area contributed by atoms with E-state index < -0.39 is 17.4 Å². The molecule has 0 radical (unpaired) electrons. The Hall–Kier alpha value is -1.75. The predicted molar refractivity (Wildman–Crippen MR) is 69.9 cm³/mol. The zero-order chi connectivity index (χ0) is 13.9. The first-order valence-corrected chi connectivity index (χ1v) is 5.68. The minimum absolute atomic E-state index is 0.0547. The minimum atomic E-state index is -0.905. The van der Waals surface area contributed by atoms with E-state index in [2.05, 4.69) is 5.32 Å². The number of carbonyl (C=O) groups excluding carboxylic acids is 1. The van der Waals surface area contributed by atoms with Gasteiger partial charge in [-0.05, 0) is 32.0 Å². The molecular weight excluding hydrogens is 256 g/mol. The molecule has 18 heavy (non-hydrogen) atoms. The fourth-order valence-corrected chi connectivity index (χ4v) is 1.78. The highest BCUT2D eigenvalue weighted by atomic mass is 35.5. The third kappa shape index (κ3) is 3.92. The number of benzene rings is 1. The van der Waals surface area contributed by atoms with Gasteiger partial charge in [0.1, 0.15) is 0 Å². The molecule has 6 heteroatoms. The lowest BCUT2D eigenvalue weighted by Crippen LogP contribution is -2.33. The summed E-state index contributed by atoms with van der Waals surface area (Å²) in [7, 11) is 0. The van der Waals surface area contributed by atoms with E-state index in [1.807, 2.05) is 0 Å². The Balaban J connectivity index is 2.92. The van der Waals surface area contributed by atoms with Gasteiger partial charge < -0.3 is 16.2 Å². The number of rotatable bonds is 5. The van der Waals surface area contributed by atoms with Crippen molar-refractivity contribution >= 4 is 29.2 Å². The van der Waals surface area contributed by atoms with Gasteiger partial charge in [0.15, 0.2) is 0 Å². The molecule has 0 saturated carbocycles. The van der Waals surface area contributed by atoms with Crippen molar-refractivity contribution in [3.05, 3.63) is 28.8 Å². The Morgan fingerprint density at radius 3 is 2.50 bits per heavy atom. The normalized spacial score (nSPS) is 11.1. The van der Waals surface area contributed by atoms with E-state index in [1.54, 1.807) is 19.9 Å². The van der Waals surface area contributed by atoms with Gasteiger partial charge in [0.05, 0.1) is 17.1 Å². The molecule has 0 aliphatic heterocycles. The van der Waals surface area contributed by atoms with Crippen LogP contribution >= 0.6 is 11.6 Å². The van der Waals surface area contributed by atoms with Crippen molar-refractivity contribution in [3.8, 4) is 0 Å². The highest BCUT2D eigenvalue weighted by Crippen LogP contribution is 2.27. The molecule has 0 aromatic heterocycles. The van der Waals surface area contributed by atoms with Gasteiger partial charge in [0.2, 0.25) is 5.91 Å². The zero-order valence-electron chi connectivity index (χ0n) is 10.2. The number of carboxylic acids is 1. The Kier molecular flexibility index (Phi) is 4.19. The van der Waals surface area contributed by atoms with Crippen LogP contribution in [0.1, 0.15) is 30.6 Å². The van der Waals surface area contributed by atoms with Crippen molar-refractivity contribution in [2.45, 2.75) is 25.8 Å². The standard InChI is InChI=1S/C12H15ClN2O3/c1-12(2,6-10(16)17)15-9-4-3-7(11(14)18)5-8(9)13/h3-5,15H,6H2,1-2H3,(H2,14,18)(H,16,17). The topological polar surface area (TPSA) is 92.4 Å². The van der Waals surface area contributed by atoms with Crippen LogP contribution in [0.4, 0.5) is 5.69 Å². The van der Waals surface area contributed by atoms with E-state index in [0.29, 0.717) is 16.3 Å². The van der Waals surface area contributed by atoms with Crippen LogP contribution < -0.4 is 11.1 Å². The van der Waals surface area contributed by atoms with E-state index in [9.17, 15) is 9.59 Å². The summed E-state index contributed by atoms with van der Waals surface area (Å²) in [5, 5.41) is 12.1. The highest BCUT2D eigenvalue weighted by Gasteiger charge is 2.22. The van der Waals surface area contributed by atoms with Crippen molar-refractivity contribution < 1.29 is 14.7 Å². The smallest absolute Gasteiger partial charge is 0.305 e. The van der Waals surface area contributed by atoms with E-state index in [-0.39, 0.29) is 6.42 Å². The average Bonchev–Trinajstić information content (AvgIpc) is 2.18. The Bertz CT molecular complexity index is 486. The Morgan fingerprint density at radius 2 is 2.06 bits per heavy atom. The number of aliphatic carboxylic acids is 1. The van der Waals surface area contributed by atoms with Crippen LogP contribution in [0, 0.1) is 0 Å². The second kappa shape index (κ2) is 5.27. The molecular formula is C12H15ClN2O3. The summed E-state index contributed by atoms with van der Waals surface area (Å²) in [6.07, 6.45) is -0.0547. The van der Waals surface area contributed by atoms with Crippen LogP contribution in [0.3, 0.4) is 0 Å². The van der Waals surface area contributed by atoms with E-state index in [0.717, 1.165) is 0 Å². The number of hydrogen-bond donors (Lipinski definition) is 3. The Morgan fingerprint density at radius 1 is 1.44 bits per heavy atom. The van der Waals surface area contributed by atoms with Crippen LogP contribution in [0.5, 0.6) is 0 Å². The van der Waals surface area contributed by atoms with Crippen molar-refractivity contribution in [3.63, 3.8) is 0 Å². The lowest BCUT2D eigenvalue weighted by Gasteiger charge is -2.26. The number of halogens is 1. The van der Waals surface area contributed by atoms with Gasteiger partial charge in [-0.1, -0.05) is 11.6 Å². The first kappa shape index (κ1) is 14.3. The molecule has 1 aromatic rings. The van der Waals surface area contributed by atoms with Gasteiger partial charge in [0, 0.05) is 11.1 Å². The number of hydrogen-bond acceptors (Lipinski definition) is 3. The second-order valence-electron chi connectivity index (χ2n) is 4.64. The van der Waals surface area contributed by atoms with Crippen molar-refractivity contribution in [2.75, 3.05) is 5.32 Å². The van der Waals surface area contributed by atoms with E-state index in [1.165, 1.54) is 12.1 Å². The fraction of sp³-hybridized carbons (Fsp3) is 0.333. The van der Waals surface area contributed by atoms with Gasteiger partial charge >= 0.3 is 5.97 Å². The molecule has 0 spiro atoms.